The first-order chi connectivity index (χ1) is 12.2. The Morgan fingerprint density at radius 1 is 1.27 bits per heavy atom. The van der Waals surface area contributed by atoms with Gasteiger partial charge in [0.15, 0.2) is 0 Å². The van der Waals surface area contributed by atoms with Gasteiger partial charge in [-0.1, -0.05) is 30.1 Å². The van der Waals surface area contributed by atoms with E-state index >= 15 is 0 Å². The van der Waals surface area contributed by atoms with Gasteiger partial charge in [0.1, 0.15) is 5.69 Å². The van der Waals surface area contributed by atoms with Crippen LogP contribution in [-0.4, -0.2) is 26.5 Å². The Balaban J connectivity index is 2.63. The third-order valence-corrected chi connectivity index (χ3v) is 4.15. The monoisotopic (exact) mass is 398 g/mol. The maximum absolute atomic E-state index is 13.0. The number of nitrogens with zero attached hydrogens (tertiary/aromatic N) is 4. The molecule has 1 aromatic carbocycles. The fraction of sp³-hybridized carbons (Fsp3) is 0.312. The number of imide groups is 1. The molecule has 0 spiro atoms. The van der Waals surface area contributed by atoms with Gasteiger partial charge in [0.25, 0.3) is 11.6 Å². The van der Waals surface area contributed by atoms with E-state index in [1.165, 1.54) is 10.7 Å². The number of aryl methyl sites for hydroxylation is 2. The van der Waals surface area contributed by atoms with Crippen molar-refractivity contribution in [3.8, 4) is 0 Å². The van der Waals surface area contributed by atoms with Gasteiger partial charge >= 0.3 is 0 Å². The second-order valence-corrected chi connectivity index (χ2v) is 6.41. The molecule has 0 N–H and O–H groups in total. The Bertz CT molecular complexity index is 871. The molecule has 26 heavy (non-hydrogen) atoms. The number of halogens is 2. The molecule has 10 heteroatoms. The summed E-state index contributed by atoms with van der Waals surface area (Å²) in [5.74, 6) is -1.18. The molecule has 2 amide bonds. The summed E-state index contributed by atoms with van der Waals surface area (Å²) >= 11 is 12.3. The number of carbonyl (C=O) groups excluding carboxylic acids is 2. The minimum absolute atomic E-state index is 0.0756. The normalized spacial score (nSPS) is 10.7. The molecule has 1 heterocycles. The van der Waals surface area contributed by atoms with E-state index in [9.17, 15) is 19.7 Å². The van der Waals surface area contributed by atoms with E-state index in [-0.39, 0.29) is 33.5 Å². The highest BCUT2D eigenvalue weighted by Crippen LogP contribution is 2.38. The fourth-order valence-corrected chi connectivity index (χ4v) is 3.11. The molecular formula is C16H16Cl2N4O4. The molecule has 0 saturated carbocycles. The van der Waals surface area contributed by atoms with Gasteiger partial charge in [-0.15, -0.1) is 0 Å². The van der Waals surface area contributed by atoms with Crippen molar-refractivity contribution in [2.45, 2.75) is 26.7 Å². The van der Waals surface area contributed by atoms with E-state index < -0.39 is 16.7 Å². The van der Waals surface area contributed by atoms with Crippen molar-refractivity contribution in [3.63, 3.8) is 0 Å². The van der Waals surface area contributed by atoms with E-state index in [0.29, 0.717) is 12.1 Å². The number of nitro groups is 1. The van der Waals surface area contributed by atoms with Gasteiger partial charge in [-0.25, -0.2) is 4.90 Å². The van der Waals surface area contributed by atoms with E-state index in [1.807, 2.05) is 0 Å². The molecule has 0 saturated heterocycles. The van der Waals surface area contributed by atoms with Crippen LogP contribution in [0, 0.1) is 17.0 Å². The number of non-ortho nitro benzene ring substituents is 1. The molecule has 0 aliphatic carbocycles. The SMILES string of the molecule is CCCC(=O)N(C(=O)c1cc(C)nn1C)c1c(Cl)cc([N+](=O)[O-])cc1Cl. The molecule has 0 aliphatic rings. The van der Waals surface area contributed by atoms with Crippen LogP contribution >= 0.6 is 23.2 Å². The number of amides is 2. The fourth-order valence-electron chi connectivity index (χ4n) is 2.46. The van der Waals surface area contributed by atoms with E-state index in [4.69, 9.17) is 23.2 Å². The summed E-state index contributed by atoms with van der Waals surface area (Å²) in [5.41, 5.74) is 0.341. The maximum Gasteiger partial charge on any atom is 0.283 e. The van der Waals surface area contributed by atoms with Crippen molar-refractivity contribution in [2.75, 3.05) is 4.90 Å². The lowest BCUT2D eigenvalue weighted by Crippen LogP contribution is -2.38. The van der Waals surface area contributed by atoms with Crippen molar-refractivity contribution in [3.05, 3.63) is 49.7 Å². The predicted molar refractivity (Wildman–Crippen MR) is 97.8 cm³/mol. The second-order valence-electron chi connectivity index (χ2n) is 5.59. The largest absolute Gasteiger partial charge is 0.283 e. The molecule has 138 valence electrons. The van der Waals surface area contributed by atoms with E-state index in [2.05, 4.69) is 5.10 Å². The molecule has 0 aliphatic heterocycles. The molecule has 2 rings (SSSR count). The molecular weight excluding hydrogens is 383 g/mol. The summed E-state index contributed by atoms with van der Waals surface area (Å²) in [7, 11) is 1.57. The first-order valence-corrected chi connectivity index (χ1v) is 8.44. The first-order valence-electron chi connectivity index (χ1n) is 7.68. The van der Waals surface area contributed by atoms with E-state index in [0.717, 1.165) is 17.0 Å². The Labute approximate surface area is 159 Å². The van der Waals surface area contributed by atoms with Crippen molar-refractivity contribution < 1.29 is 14.5 Å². The Hall–Kier alpha value is -2.45. The Morgan fingerprint density at radius 3 is 2.27 bits per heavy atom. The third kappa shape index (κ3) is 3.86. The van der Waals surface area contributed by atoms with Crippen LogP contribution in [0.25, 0.3) is 0 Å². The van der Waals surface area contributed by atoms with Gasteiger partial charge in [-0.2, -0.15) is 5.10 Å². The number of anilines is 1. The molecule has 0 radical (unpaired) electrons. The highest BCUT2D eigenvalue weighted by Gasteiger charge is 2.31. The van der Waals surface area contributed by atoms with Gasteiger partial charge in [-0.05, 0) is 19.4 Å². The lowest BCUT2D eigenvalue weighted by molar-refractivity contribution is -0.384. The summed E-state index contributed by atoms with van der Waals surface area (Å²) in [6.45, 7) is 3.49. The van der Waals surface area contributed by atoms with Crippen molar-refractivity contribution in [1.29, 1.82) is 0 Å². The zero-order valence-electron chi connectivity index (χ0n) is 14.3. The zero-order valence-corrected chi connectivity index (χ0v) is 15.8. The third-order valence-electron chi connectivity index (χ3n) is 3.57. The quantitative estimate of drug-likeness (QED) is 0.561. The van der Waals surface area contributed by atoms with Crippen LogP contribution in [0.4, 0.5) is 11.4 Å². The van der Waals surface area contributed by atoms with Crippen LogP contribution in [0.1, 0.15) is 35.9 Å². The number of rotatable bonds is 5. The van der Waals surface area contributed by atoms with Crippen LogP contribution < -0.4 is 4.90 Å². The van der Waals surface area contributed by atoms with Gasteiger partial charge in [-0.3, -0.25) is 24.4 Å². The van der Waals surface area contributed by atoms with Crippen molar-refractivity contribution in [2.24, 2.45) is 7.05 Å². The maximum atomic E-state index is 13.0. The Kier molecular flexibility index (Phi) is 5.99. The highest BCUT2D eigenvalue weighted by atomic mass is 35.5. The molecule has 2 aromatic rings. The average molecular weight is 399 g/mol. The number of carbonyl (C=O) groups is 2. The van der Waals surface area contributed by atoms with Crippen LogP contribution in [0.2, 0.25) is 10.0 Å². The molecule has 0 bridgehead atoms. The minimum atomic E-state index is -0.663. The zero-order chi connectivity index (χ0) is 19.6. The molecule has 1 aromatic heterocycles. The summed E-state index contributed by atoms with van der Waals surface area (Å²) in [4.78, 5) is 36.8. The number of aromatic nitrogens is 2. The highest BCUT2D eigenvalue weighted by molar-refractivity contribution is 6.42. The minimum Gasteiger partial charge on any atom is -0.274 e. The molecule has 0 unspecified atom stereocenters. The number of hydrogen-bond donors (Lipinski definition) is 0. The van der Waals surface area contributed by atoms with Crippen LogP contribution in [0.5, 0.6) is 0 Å². The molecule has 0 atom stereocenters. The molecule has 0 fully saturated rings. The van der Waals surface area contributed by atoms with Gasteiger partial charge in [0.05, 0.1) is 26.3 Å². The van der Waals surface area contributed by atoms with Crippen molar-refractivity contribution >= 4 is 46.4 Å². The van der Waals surface area contributed by atoms with Gasteiger partial charge in [0, 0.05) is 25.6 Å². The smallest absolute Gasteiger partial charge is 0.274 e. The summed E-state index contributed by atoms with van der Waals surface area (Å²) in [6.07, 6.45) is 0.571. The average Bonchev–Trinajstić information content (AvgIpc) is 2.88. The number of nitro benzene ring substituents is 1. The van der Waals surface area contributed by atoms with Crippen LogP contribution in [-0.2, 0) is 11.8 Å². The van der Waals surface area contributed by atoms with Crippen molar-refractivity contribution in [1.82, 2.24) is 9.78 Å². The number of hydrogen-bond acceptors (Lipinski definition) is 5. The Morgan fingerprint density at radius 2 is 1.85 bits per heavy atom. The van der Waals surface area contributed by atoms with E-state index in [1.54, 1.807) is 20.9 Å². The molecule has 8 nitrogen and oxygen atoms in total. The standard InChI is InChI=1S/C16H16Cl2N4O4/c1-4-5-14(23)21(16(24)13-6-9(2)19-20(13)3)15-11(17)7-10(22(25)26)8-12(15)18/h6-8H,4-5H2,1-3H3. The van der Waals surface area contributed by atoms with Crippen LogP contribution in [0.3, 0.4) is 0 Å². The first kappa shape index (κ1) is 19.9. The van der Waals surface area contributed by atoms with Gasteiger partial charge < -0.3 is 0 Å². The summed E-state index contributed by atoms with van der Waals surface area (Å²) < 4.78 is 1.34. The van der Waals surface area contributed by atoms with Crippen LogP contribution in [0.15, 0.2) is 18.2 Å². The second kappa shape index (κ2) is 7.84. The lowest BCUT2D eigenvalue weighted by atomic mass is 10.2. The lowest BCUT2D eigenvalue weighted by Gasteiger charge is -2.23. The van der Waals surface area contributed by atoms with Gasteiger partial charge in [0.2, 0.25) is 5.91 Å². The predicted octanol–water partition coefficient (Wildman–Crippen LogP) is 3.92. The number of benzene rings is 1. The summed E-state index contributed by atoms with van der Waals surface area (Å²) in [6, 6.07) is 3.63. The summed E-state index contributed by atoms with van der Waals surface area (Å²) in [5, 5.41) is 14.7. The topological polar surface area (TPSA) is 98.3 Å².